The molecule has 3 aliphatic rings. The Labute approximate surface area is 181 Å². The first-order valence-electron chi connectivity index (χ1n) is 8.65. The summed E-state index contributed by atoms with van der Waals surface area (Å²) in [7, 11) is -6.06. The highest BCUT2D eigenvalue weighted by Crippen LogP contribution is 2.59. The fourth-order valence-electron chi connectivity index (χ4n) is 4.45. The van der Waals surface area contributed by atoms with E-state index in [0.717, 1.165) is 3.57 Å². The maximum absolute atomic E-state index is 13.6. The number of benzene rings is 1. The second-order valence-electron chi connectivity index (χ2n) is 7.25. The van der Waals surface area contributed by atoms with Crippen molar-refractivity contribution in [3.8, 4) is 5.75 Å². The number of hydrogen-bond donors (Lipinski definition) is 1. The van der Waals surface area contributed by atoms with E-state index in [9.17, 15) is 31.6 Å². The van der Waals surface area contributed by atoms with Crippen LogP contribution in [-0.2, 0) is 34.0 Å². The quantitative estimate of drug-likeness (QED) is 0.247. The lowest BCUT2D eigenvalue weighted by Crippen LogP contribution is -2.48. The number of carbonyl (C=O) groups is 3. The fourth-order valence-corrected chi connectivity index (χ4v) is 5.07. The normalized spacial score (nSPS) is 32.1. The Morgan fingerprint density at radius 2 is 1.83 bits per heavy atom. The molecule has 0 spiro atoms. The van der Waals surface area contributed by atoms with Crippen LogP contribution >= 0.6 is 22.6 Å². The fraction of sp³-hybridized carbons (Fsp3) is 0.471. The summed E-state index contributed by atoms with van der Waals surface area (Å²) in [5.74, 6) is -7.27. The second kappa shape index (κ2) is 7.09. The molecule has 3 fully saturated rings. The van der Waals surface area contributed by atoms with Crippen LogP contribution in [0, 0.1) is 27.2 Å². The molecule has 6 atom stereocenters. The summed E-state index contributed by atoms with van der Waals surface area (Å²) in [5, 5.41) is -5.20. The molecule has 6 unspecified atom stereocenters. The largest absolute Gasteiger partial charge is 0.465 e. The lowest BCUT2D eigenvalue weighted by atomic mass is 9.78. The Morgan fingerprint density at radius 3 is 2.43 bits per heavy atom. The zero-order chi connectivity index (χ0) is 22.0. The zero-order valence-corrected chi connectivity index (χ0v) is 17.7. The molecular formula is C17H13F2IO9S. The third-order valence-corrected chi connectivity index (χ3v) is 7.19. The first kappa shape index (κ1) is 21.4. The summed E-state index contributed by atoms with van der Waals surface area (Å²) in [6, 6.07) is 6.44. The molecule has 4 rings (SSSR count). The monoisotopic (exact) mass is 558 g/mol. The minimum Gasteiger partial charge on any atom is -0.458 e. The van der Waals surface area contributed by atoms with Gasteiger partial charge in [-0.15, -0.1) is 0 Å². The van der Waals surface area contributed by atoms with E-state index in [2.05, 4.69) is 27.3 Å². The Morgan fingerprint density at radius 1 is 1.20 bits per heavy atom. The van der Waals surface area contributed by atoms with Crippen LogP contribution < -0.4 is 4.74 Å². The number of hydrogen-bond acceptors (Lipinski definition) is 8. The van der Waals surface area contributed by atoms with Crippen molar-refractivity contribution < 1.29 is 50.3 Å². The molecule has 30 heavy (non-hydrogen) atoms. The Bertz CT molecular complexity index is 1030. The third kappa shape index (κ3) is 3.26. The summed E-state index contributed by atoms with van der Waals surface area (Å²) in [5.41, 5.74) is 0. The summed E-state index contributed by atoms with van der Waals surface area (Å²) >= 11 is 2.05. The maximum Gasteiger partial charge on any atom is 0.465 e. The smallest absolute Gasteiger partial charge is 0.458 e. The van der Waals surface area contributed by atoms with Crippen LogP contribution in [0.2, 0.25) is 0 Å². The van der Waals surface area contributed by atoms with Crippen molar-refractivity contribution in [3.63, 3.8) is 0 Å². The van der Waals surface area contributed by atoms with Crippen LogP contribution in [0.25, 0.3) is 0 Å². The van der Waals surface area contributed by atoms with Gasteiger partial charge in [-0.3, -0.25) is 14.1 Å². The van der Waals surface area contributed by atoms with Gasteiger partial charge in [0.1, 0.15) is 18.0 Å². The zero-order valence-electron chi connectivity index (χ0n) is 14.7. The molecule has 9 nitrogen and oxygen atoms in total. The van der Waals surface area contributed by atoms with Gasteiger partial charge in [0, 0.05) is 15.4 Å². The molecule has 0 amide bonds. The second-order valence-corrected chi connectivity index (χ2v) is 9.96. The van der Waals surface area contributed by atoms with Crippen LogP contribution in [0.5, 0.6) is 5.75 Å². The highest BCUT2D eigenvalue weighted by Gasteiger charge is 2.71. The Kier molecular flexibility index (Phi) is 5.05. The van der Waals surface area contributed by atoms with Gasteiger partial charge in [-0.05, 0) is 53.3 Å². The molecule has 1 aromatic rings. The van der Waals surface area contributed by atoms with E-state index in [-0.39, 0.29) is 12.2 Å². The van der Waals surface area contributed by atoms with E-state index < -0.39 is 69.2 Å². The van der Waals surface area contributed by atoms with Gasteiger partial charge in [-0.2, -0.15) is 17.2 Å². The van der Waals surface area contributed by atoms with Gasteiger partial charge in [-0.25, -0.2) is 4.79 Å². The summed E-state index contributed by atoms with van der Waals surface area (Å²) < 4.78 is 73.3. The van der Waals surface area contributed by atoms with Crippen molar-refractivity contribution in [2.45, 2.75) is 23.9 Å². The van der Waals surface area contributed by atoms with E-state index >= 15 is 0 Å². The molecule has 1 aliphatic heterocycles. The molecule has 162 valence electrons. The molecule has 2 bridgehead atoms. The molecule has 2 aliphatic carbocycles. The van der Waals surface area contributed by atoms with Crippen LogP contribution in [0.15, 0.2) is 24.3 Å². The summed E-state index contributed by atoms with van der Waals surface area (Å²) in [6.45, 7) is 0. The third-order valence-electron chi connectivity index (χ3n) is 5.65. The van der Waals surface area contributed by atoms with Crippen molar-refractivity contribution in [2.24, 2.45) is 23.7 Å². The van der Waals surface area contributed by atoms with Gasteiger partial charge in [0.2, 0.25) is 0 Å². The Hall–Kier alpha value is -1.87. The topological polar surface area (TPSA) is 133 Å². The number of carbonyl (C=O) groups excluding carboxylic acids is 3. The van der Waals surface area contributed by atoms with Gasteiger partial charge in [-0.1, -0.05) is 0 Å². The molecule has 0 radical (unpaired) electrons. The first-order chi connectivity index (χ1) is 13.9. The number of esters is 3. The minimum atomic E-state index is -6.06. The first-order valence-corrected chi connectivity index (χ1v) is 11.2. The number of rotatable bonds is 5. The number of fused-ring (bicyclic) bond motifs is 1. The van der Waals surface area contributed by atoms with Gasteiger partial charge in [0.15, 0.2) is 0 Å². The van der Waals surface area contributed by atoms with E-state index in [1.807, 2.05) is 0 Å². The number of alkyl halides is 2. The van der Waals surface area contributed by atoms with Crippen molar-refractivity contribution in [1.29, 1.82) is 0 Å². The highest BCUT2D eigenvalue weighted by molar-refractivity contribution is 14.1. The minimum absolute atomic E-state index is 0.170. The molecule has 1 N–H and O–H groups in total. The van der Waals surface area contributed by atoms with Gasteiger partial charge in [0.05, 0.1) is 11.8 Å². The molecule has 1 heterocycles. The van der Waals surface area contributed by atoms with Crippen molar-refractivity contribution in [2.75, 3.05) is 0 Å². The van der Waals surface area contributed by atoms with Crippen LogP contribution in [0.4, 0.5) is 8.78 Å². The van der Waals surface area contributed by atoms with Gasteiger partial charge < -0.3 is 14.2 Å². The van der Waals surface area contributed by atoms with Crippen molar-refractivity contribution in [3.05, 3.63) is 27.8 Å². The molecule has 1 saturated heterocycles. The van der Waals surface area contributed by atoms with E-state index in [0.29, 0.717) is 0 Å². The highest BCUT2D eigenvalue weighted by atomic mass is 127. The van der Waals surface area contributed by atoms with Crippen molar-refractivity contribution in [1.82, 2.24) is 0 Å². The van der Waals surface area contributed by atoms with Crippen LogP contribution in [-0.4, -0.2) is 48.3 Å². The Balaban J connectivity index is 1.57. The predicted molar refractivity (Wildman–Crippen MR) is 99.6 cm³/mol. The summed E-state index contributed by atoms with van der Waals surface area (Å²) in [4.78, 5) is 36.7. The molecular weight excluding hydrogens is 545 g/mol. The molecule has 2 saturated carbocycles. The van der Waals surface area contributed by atoms with E-state index in [4.69, 9.17) is 14.0 Å². The number of ether oxygens (including phenoxy) is 3. The van der Waals surface area contributed by atoms with Crippen LogP contribution in [0.3, 0.4) is 0 Å². The number of halogens is 3. The van der Waals surface area contributed by atoms with Gasteiger partial charge >= 0.3 is 33.3 Å². The van der Waals surface area contributed by atoms with Gasteiger partial charge in [0.25, 0.3) is 0 Å². The predicted octanol–water partition coefficient (Wildman–Crippen LogP) is 1.40. The van der Waals surface area contributed by atoms with E-state index in [1.54, 1.807) is 12.1 Å². The SMILES string of the molecule is O=C1OC2C3CC(C2OC(=O)C(F)(F)S(=O)(=O)O)C(C(=O)Oc2ccc(I)cc2)C13. The lowest BCUT2D eigenvalue weighted by Gasteiger charge is -2.30. The van der Waals surface area contributed by atoms with Crippen molar-refractivity contribution >= 4 is 50.6 Å². The lowest BCUT2D eigenvalue weighted by molar-refractivity contribution is -0.178. The average molecular weight is 558 g/mol. The standard InChI is InChI=1S/C17H13F2IO9S/c18-17(19,30(24,25)26)16(23)29-13-9-5-8-11(15(22)28-12(8)13)10(9)14(21)27-7-3-1-6(20)2-4-7/h1-4,8-13H,5H2,(H,24,25,26). The summed E-state index contributed by atoms with van der Waals surface area (Å²) in [6.07, 6.45) is -2.37. The molecule has 13 heteroatoms. The van der Waals surface area contributed by atoms with E-state index in [1.165, 1.54) is 12.1 Å². The maximum atomic E-state index is 13.6. The molecule has 1 aromatic carbocycles. The molecule has 0 aromatic heterocycles. The van der Waals surface area contributed by atoms with Crippen LogP contribution in [0.1, 0.15) is 6.42 Å². The average Bonchev–Trinajstić information content (AvgIpc) is 3.26.